The Balaban J connectivity index is 1.67. The van der Waals surface area contributed by atoms with Gasteiger partial charge in [-0.1, -0.05) is 24.3 Å². The van der Waals surface area contributed by atoms with E-state index in [2.05, 4.69) is 10.6 Å². The Kier molecular flexibility index (Phi) is 6.78. The summed E-state index contributed by atoms with van der Waals surface area (Å²) in [5.41, 5.74) is 7.08. The highest BCUT2D eigenvalue weighted by Gasteiger charge is 2.32. The van der Waals surface area contributed by atoms with Crippen LogP contribution in [-0.2, 0) is 20.9 Å². The van der Waals surface area contributed by atoms with E-state index in [1.807, 2.05) is 0 Å². The molecule has 0 saturated carbocycles. The number of hydrogen-bond acceptors (Lipinski definition) is 5. The molecule has 1 heterocycles. The van der Waals surface area contributed by atoms with Gasteiger partial charge in [0, 0.05) is 19.0 Å². The largest absolute Gasteiger partial charge is 0.442 e. The first-order valence-electron chi connectivity index (χ1n) is 10.2. The van der Waals surface area contributed by atoms with Crippen LogP contribution in [0.15, 0.2) is 42.5 Å². The lowest BCUT2D eigenvalue weighted by molar-refractivity contribution is -0.125. The number of ether oxygens (including phenoxy) is 1. The fraction of sp³-hybridized carbons (Fsp3) is 0.348. The van der Waals surface area contributed by atoms with Crippen LogP contribution < -0.4 is 21.3 Å². The third-order valence-electron chi connectivity index (χ3n) is 5.02. The van der Waals surface area contributed by atoms with Gasteiger partial charge >= 0.3 is 6.09 Å². The molecule has 3 amide bonds. The van der Waals surface area contributed by atoms with Gasteiger partial charge in [0.1, 0.15) is 11.9 Å². The third kappa shape index (κ3) is 5.61. The first-order chi connectivity index (χ1) is 15.0. The summed E-state index contributed by atoms with van der Waals surface area (Å²) >= 11 is 0. The molecule has 1 atom stereocenters. The fourth-order valence-corrected chi connectivity index (χ4v) is 3.21. The van der Waals surface area contributed by atoms with Gasteiger partial charge in [0.15, 0.2) is 0 Å². The van der Waals surface area contributed by atoms with Crippen molar-refractivity contribution in [3.63, 3.8) is 0 Å². The zero-order valence-electron chi connectivity index (χ0n) is 18.3. The Labute approximate surface area is 185 Å². The third-order valence-corrected chi connectivity index (χ3v) is 5.02. The smallest absolute Gasteiger partial charge is 0.414 e. The molecular weight excluding hydrogens is 415 g/mol. The number of halogens is 1. The molecule has 1 saturated heterocycles. The highest BCUT2D eigenvalue weighted by molar-refractivity contribution is 5.90. The van der Waals surface area contributed by atoms with Gasteiger partial charge < -0.3 is 21.1 Å². The van der Waals surface area contributed by atoms with Crippen molar-refractivity contribution in [1.29, 1.82) is 0 Å². The Bertz CT molecular complexity index is 1020. The lowest BCUT2D eigenvalue weighted by Crippen LogP contribution is -2.48. The number of cyclic esters (lactones) is 1. The molecule has 0 unspecified atom stereocenters. The topological polar surface area (TPSA) is 114 Å². The lowest BCUT2D eigenvalue weighted by Gasteiger charge is -2.18. The van der Waals surface area contributed by atoms with Crippen LogP contribution >= 0.6 is 0 Å². The maximum absolute atomic E-state index is 14.8. The minimum Gasteiger partial charge on any atom is -0.442 e. The number of anilines is 1. The van der Waals surface area contributed by atoms with Crippen molar-refractivity contribution >= 4 is 23.6 Å². The number of rotatable bonds is 7. The number of hydrogen-bond donors (Lipinski definition) is 3. The zero-order chi connectivity index (χ0) is 23.5. The molecule has 9 heteroatoms. The minimum absolute atomic E-state index is 0.202. The molecule has 170 valence electrons. The van der Waals surface area contributed by atoms with Crippen molar-refractivity contribution < 1.29 is 23.5 Å². The number of nitrogens with one attached hydrogen (secondary N) is 2. The predicted octanol–water partition coefficient (Wildman–Crippen LogP) is 2.31. The summed E-state index contributed by atoms with van der Waals surface area (Å²) in [7, 11) is 0. The van der Waals surface area contributed by atoms with E-state index in [9.17, 15) is 18.8 Å². The summed E-state index contributed by atoms with van der Waals surface area (Å²) in [6.07, 6.45) is -1.08. The second-order valence-electron chi connectivity index (χ2n) is 8.32. The summed E-state index contributed by atoms with van der Waals surface area (Å²) in [5.74, 6) is -0.957. The molecule has 32 heavy (non-hydrogen) atoms. The normalized spacial score (nSPS) is 16.0. The molecule has 8 nitrogen and oxygen atoms in total. The maximum Gasteiger partial charge on any atom is 0.414 e. The molecular formula is C23H27FN4O4. The fourth-order valence-electron chi connectivity index (χ4n) is 3.21. The summed E-state index contributed by atoms with van der Waals surface area (Å²) < 4.78 is 20.1. The number of carbonyl (C=O) groups excluding carboxylic acids is 3. The predicted molar refractivity (Wildman–Crippen MR) is 118 cm³/mol. The first-order valence-corrected chi connectivity index (χ1v) is 10.2. The van der Waals surface area contributed by atoms with E-state index >= 15 is 0 Å². The molecule has 0 aliphatic carbocycles. The summed E-state index contributed by atoms with van der Waals surface area (Å²) in [5, 5.41) is 5.36. The summed E-state index contributed by atoms with van der Waals surface area (Å²) in [6, 6.07) is 11.7. The molecule has 1 fully saturated rings. The SMILES string of the molecule is CC(=O)NC[C@H]1CN(c2ccc(-c3ccc(CNC(=O)C(C)(C)N)cc3)c(F)c2)C(=O)O1. The van der Waals surface area contributed by atoms with E-state index in [4.69, 9.17) is 10.5 Å². The van der Waals surface area contributed by atoms with E-state index in [0.29, 0.717) is 23.4 Å². The van der Waals surface area contributed by atoms with E-state index in [-0.39, 0.29) is 24.9 Å². The highest BCUT2D eigenvalue weighted by atomic mass is 19.1. The van der Waals surface area contributed by atoms with Gasteiger partial charge in [-0.25, -0.2) is 9.18 Å². The standard InChI is InChI=1S/C23H27FN4O4/c1-14(29)26-12-18-13-28(22(31)32-18)17-8-9-19(20(24)10-17)16-6-4-15(5-7-16)11-27-21(30)23(2,3)25/h4-10,18H,11-13,25H2,1-3H3,(H,26,29)(H,27,30)/t18-/m0/s1. The number of amides is 3. The van der Waals surface area contributed by atoms with E-state index in [1.165, 1.54) is 17.9 Å². The second-order valence-corrected chi connectivity index (χ2v) is 8.32. The van der Waals surface area contributed by atoms with Crippen LogP contribution in [0.1, 0.15) is 26.3 Å². The first kappa shape index (κ1) is 23.2. The zero-order valence-corrected chi connectivity index (χ0v) is 18.3. The van der Waals surface area contributed by atoms with Gasteiger partial charge in [-0.05, 0) is 43.2 Å². The molecule has 0 radical (unpaired) electrons. The van der Waals surface area contributed by atoms with Crippen molar-refractivity contribution in [1.82, 2.24) is 10.6 Å². The van der Waals surface area contributed by atoms with E-state index in [1.54, 1.807) is 50.2 Å². The Morgan fingerprint density at radius 1 is 1.19 bits per heavy atom. The average Bonchev–Trinajstić information content (AvgIpc) is 3.11. The van der Waals surface area contributed by atoms with Crippen LogP contribution in [-0.4, -0.2) is 42.6 Å². The lowest BCUT2D eigenvalue weighted by atomic mass is 10.0. The summed E-state index contributed by atoms with van der Waals surface area (Å²) in [4.78, 5) is 36.4. The molecule has 2 aromatic rings. The van der Waals surface area contributed by atoms with Gasteiger partial charge in [-0.2, -0.15) is 0 Å². The van der Waals surface area contributed by atoms with Gasteiger partial charge in [0.25, 0.3) is 0 Å². The minimum atomic E-state index is -0.962. The van der Waals surface area contributed by atoms with Gasteiger partial charge in [-0.15, -0.1) is 0 Å². The Hall–Kier alpha value is -3.46. The van der Waals surface area contributed by atoms with Gasteiger partial charge in [0.05, 0.1) is 24.3 Å². The number of nitrogens with two attached hydrogens (primary N) is 1. The van der Waals surface area contributed by atoms with Crippen LogP contribution in [0.3, 0.4) is 0 Å². The van der Waals surface area contributed by atoms with Gasteiger partial charge in [0.2, 0.25) is 11.8 Å². The van der Waals surface area contributed by atoms with Crippen molar-refractivity contribution in [3.05, 3.63) is 53.8 Å². The molecule has 0 bridgehead atoms. The highest BCUT2D eigenvalue weighted by Crippen LogP contribution is 2.29. The van der Waals surface area contributed by atoms with Crippen molar-refractivity contribution in [2.45, 2.75) is 39.0 Å². The molecule has 0 spiro atoms. The number of nitrogens with zero attached hydrogens (tertiary/aromatic N) is 1. The maximum atomic E-state index is 14.8. The van der Waals surface area contributed by atoms with Crippen LogP contribution in [0.2, 0.25) is 0 Å². The molecule has 1 aliphatic rings. The Morgan fingerprint density at radius 3 is 2.47 bits per heavy atom. The van der Waals surface area contributed by atoms with Crippen molar-refractivity contribution in [3.8, 4) is 11.1 Å². The van der Waals surface area contributed by atoms with Crippen LogP contribution in [0.25, 0.3) is 11.1 Å². The monoisotopic (exact) mass is 442 g/mol. The Morgan fingerprint density at radius 2 is 1.88 bits per heavy atom. The van der Waals surface area contributed by atoms with E-state index < -0.39 is 23.6 Å². The van der Waals surface area contributed by atoms with Crippen molar-refractivity contribution in [2.24, 2.45) is 5.73 Å². The van der Waals surface area contributed by atoms with Crippen LogP contribution in [0, 0.1) is 5.82 Å². The number of carbonyl (C=O) groups is 3. The number of benzene rings is 2. The molecule has 4 N–H and O–H groups in total. The molecule has 3 rings (SSSR count). The molecule has 0 aromatic heterocycles. The molecule has 2 aromatic carbocycles. The quantitative estimate of drug-likeness (QED) is 0.609. The van der Waals surface area contributed by atoms with E-state index in [0.717, 1.165) is 5.56 Å². The van der Waals surface area contributed by atoms with Gasteiger partial charge in [-0.3, -0.25) is 14.5 Å². The second kappa shape index (κ2) is 9.35. The van der Waals surface area contributed by atoms with Crippen molar-refractivity contribution in [2.75, 3.05) is 18.0 Å². The van der Waals surface area contributed by atoms with Crippen LogP contribution in [0.4, 0.5) is 14.9 Å². The van der Waals surface area contributed by atoms with Crippen LogP contribution in [0.5, 0.6) is 0 Å². The molecule has 1 aliphatic heterocycles. The average molecular weight is 442 g/mol. The summed E-state index contributed by atoms with van der Waals surface area (Å²) in [6.45, 7) is 5.38.